The van der Waals surface area contributed by atoms with E-state index >= 15 is 0 Å². The number of hydrogen-bond donors (Lipinski definition) is 1. The maximum absolute atomic E-state index is 11.9. The summed E-state index contributed by atoms with van der Waals surface area (Å²) in [5, 5.41) is 32.2. The summed E-state index contributed by atoms with van der Waals surface area (Å²) in [5.74, 6) is 0.127. The number of fused-ring (bicyclic) bond motifs is 2. The summed E-state index contributed by atoms with van der Waals surface area (Å²) < 4.78 is 11.2. The highest BCUT2D eigenvalue weighted by Crippen LogP contribution is 2.45. The summed E-state index contributed by atoms with van der Waals surface area (Å²) in [4.78, 5) is 17.7. The molecule has 5 rings (SSSR count). The van der Waals surface area contributed by atoms with Gasteiger partial charge in [-0.3, -0.25) is 15.1 Å². The fourth-order valence-electron chi connectivity index (χ4n) is 4.47. The van der Waals surface area contributed by atoms with Crippen LogP contribution in [0.1, 0.15) is 17.5 Å². The molecular weight excluding hydrogens is 412 g/mol. The fourth-order valence-corrected chi connectivity index (χ4v) is 4.47. The largest absolute Gasteiger partial charge is 0.481 e. The summed E-state index contributed by atoms with van der Waals surface area (Å²) in [5.41, 5.74) is 2.95. The predicted molar refractivity (Wildman–Crippen MR) is 116 cm³/mol. The van der Waals surface area contributed by atoms with Gasteiger partial charge in [0.25, 0.3) is 0 Å². The molecule has 3 heterocycles. The van der Waals surface area contributed by atoms with Gasteiger partial charge >= 0.3 is 5.69 Å². The molecule has 1 saturated heterocycles. The number of nitro groups is 1. The molecule has 2 atom stereocenters. The minimum absolute atomic E-state index is 0.127. The van der Waals surface area contributed by atoms with E-state index in [1.165, 1.54) is 12.3 Å². The highest BCUT2D eigenvalue weighted by molar-refractivity contribution is 5.99. The van der Waals surface area contributed by atoms with E-state index in [1.807, 2.05) is 29.2 Å². The molecule has 162 valence electrons. The molecule has 1 N–H and O–H groups in total. The van der Waals surface area contributed by atoms with E-state index in [-0.39, 0.29) is 35.8 Å². The van der Waals surface area contributed by atoms with Crippen molar-refractivity contribution in [2.24, 2.45) is 0 Å². The highest BCUT2D eigenvalue weighted by Gasteiger charge is 2.33. The molecule has 1 fully saturated rings. The topological polar surface area (TPSA) is 122 Å². The molecule has 9 heteroatoms. The summed E-state index contributed by atoms with van der Waals surface area (Å²) >= 11 is 0. The molecule has 2 aliphatic heterocycles. The van der Waals surface area contributed by atoms with Crippen molar-refractivity contribution in [3.05, 3.63) is 63.8 Å². The van der Waals surface area contributed by atoms with Crippen LogP contribution >= 0.6 is 0 Å². The molecular formula is C23H20N4O5. The van der Waals surface area contributed by atoms with Crippen molar-refractivity contribution in [3.63, 3.8) is 0 Å². The van der Waals surface area contributed by atoms with Gasteiger partial charge in [0.1, 0.15) is 12.2 Å². The molecule has 0 spiro atoms. The quantitative estimate of drug-likeness (QED) is 0.482. The van der Waals surface area contributed by atoms with Crippen molar-refractivity contribution < 1.29 is 19.5 Å². The number of aliphatic hydroxyl groups excluding tert-OH is 1. The average molecular weight is 432 g/mol. The van der Waals surface area contributed by atoms with Gasteiger partial charge in [0.05, 0.1) is 47.6 Å². The van der Waals surface area contributed by atoms with Gasteiger partial charge in [0, 0.05) is 35.8 Å². The van der Waals surface area contributed by atoms with Gasteiger partial charge in [-0.2, -0.15) is 5.26 Å². The molecule has 0 radical (unpaired) electrons. The van der Waals surface area contributed by atoms with Crippen LogP contribution in [0.5, 0.6) is 5.75 Å². The van der Waals surface area contributed by atoms with Crippen LogP contribution in [0.15, 0.2) is 42.6 Å². The van der Waals surface area contributed by atoms with Crippen LogP contribution in [-0.4, -0.2) is 47.0 Å². The van der Waals surface area contributed by atoms with Crippen molar-refractivity contribution in [2.75, 3.05) is 24.7 Å². The zero-order valence-corrected chi connectivity index (χ0v) is 17.1. The molecule has 0 amide bonds. The van der Waals surface area contributed by atoms with Gasteiger partial charge in [0.2, 0.25) is 0 Å². The van der Waals surface area contributed by atoms with Crippen LogP contribution in [0.2, 0.25) is 0 Å². The van der Waals surface area contributed by atoms with Crippen molar-refractivity contribution >= 4 is 28.0 Å². The second-order valence-electron chi connectivity index (χ2n) is 7.87. The SMILES string of the molecule is N#Cc1cnc2cc(OC3CCOC3)c([N+](=O)[O-])cc2c1N1c2ccccc2CC1CO. The van der Waals surface area contributed by atoms with E-state index in [2.05, 4.69) is 11.1 Å². The Balaban J connectivity index is 1.72. The Morgan fingerprint density at radius 2 is 2.22 bits per heavy atom. The Kier molecular flexibility index (Phi) is 5.09. The zero-order valence-electron chi connectivity index (χ0n) is 17.1. The molecule has 2 unspecified atom stereocenters. The number of para-hydroxylation sites is 1. The second kappa shape index (κ2) is 8.07. The number of nitriles is 1. The van der Waals surface area contributed by atoms with Gasteiger partial charge in [-0.1, -0.05) is 18.2 Å². The van der Waals surface area contributed by atoms with Crippen LogP contribution in [0, 0.1) is 21.4 Å². The summed E-state index contributed by atoms with van der Waals surface area (Å²) in [6.07, 6.45) is 2.46. The number of anilines is 2. The molecule has 0 aliphatic carbocycles. The lowest BCUT2D eigenvalue weighted by atomic mass is 10.1. The normalized spacial score (nSPS) is 19.7. The molecule has 2 aliphatic rings. The van der Waals surface area contributed by atoms with Crippen LogP contribution in [-0.2, 0) is 11.2 Å². The lowest BCUT2D eigenvalue weighted by Gasteiger charge is -2.28. The molecule has 3 aromatic rings. The Morgan fingerprint density at radius 3 is 2.94 bits per heavy atom. The third-order valence-corrected chi connectivity index (χ3v) is 5.94. The van der Waals surface area contributed by atoms with Crippen LogP contribution < -0.4 is 9.64 Å². The first-order valence-corrected chi connectivity index (χ1v) is 10.3. The standard InChI is InChI=1S/C23H20N4O5/c24-10-15-11-25-19-9-22(32-17-5-6-31-13-17)21(27(29)30)8-18(19)23(15)26-16(12-28)7-14-3-1-2-4-20(14)26/h1-4,8-9,11,16-17,28H,5-7,12-13H2. The van der Waals surface area contributed by atoms with Crippen LogP contribution in [0.25, 0.3) is 10.9 Å². The first kappa shape index (κ1) is 20.2. The lowest BCUT2D eigenvalue weighted by molar-refractivity contribution is -0.385. The molecule has 1 aromatic heterocycles. The Labute approximate surface area is 183 Å². The molecule has 9 nitrogen and oxygen atoms in total. The minimum Gasteiger partial charge on any atom is -0.481 e. The summed E-state index contributed by atoms with van der Waals surface area (Å²) in [6, 6.07) is 12.5. The number of aliphatic hydroxyl groups is 1. The number of ether oxygens (including phenoxy) is 2. The van der Waals surface area contributed by atoms with Gasteiger partial charge in [-0.25, -0.2) is 0 Å². The van der Waals surface area contributed by atoms with Crippen molar-refractivity contribution in [1.82, 2.24) is 4.98 Å². The van der Waals surface area contributed by atoms with Crippen molar-refractivity contribution in [2.45, 2.75) is 25.0 Å². The number of benzene rings is 2. The zero-order chi connectivity index (χ0) is 22.2. The van der Waals surface area contributed by atoms with Crippen molar-refractivity contribution in [1.29, 1.82) is 5.26 Å². The fraction of sp³-hybridized carbons (Fsp3) is 0.304. The first-order chi connectivity index (χ1) is 15.6. The Morgan fingerprint density at radius 1 is 1.38 bits per heavy atom. The molecule has 0 saturated carbocycles. The number of aromatic nitrogens is 1. The molecule has 0 bridgehead atoms. The average Bonchev–Trinajstić information content (AvgIpc) is 3.45. The maximum Gasteiger partial charge on any atom is 0.311 e. The summed E-state index contributed by atoms with van der Waals surface area (Å²) in [6.45, 7) is 0.801. The van der Waals surface area contributed by atoms with Gasteiger partial charge in [-0.05, 0) is 18.1 Å². The third kappa shape index (κ3) is 3.30. The first-order valence-electron chi connectivity index (χ1n) is 10.3. The van der Waals surface area contributed by atoms with E-state index in [1.54, 1.807) is 6.07 Å². The number of rotatable bonds is 5. The van der Waals surface area contributed by atoms with Crippen molar-refractivity contribution in [3.8, 4) is 11.8 Å². The second-order valence-corrected chi connectivity index (χ2v) is 7.87. The van der Waals surface area contributed by atoms with E-state index in [4.69, 9.17) is 9.47 Å². The number of hydrogen-bond acceptors (Lipinski definition) is 8. The maximum atomic E-state index is 11.9. The minimum atomic E-state index is -0.491. The Hall–Kier alpha value is -3.74. The van der Waals surface area contributed by atoms with E-state index in [0.29, 0.717) is 42.6 Å². The number of nitro benzene ring substituents is 1. The Bertz CT molecular complexity index is 1250. The van der Waals surface area contributed by atoms with Gasteiger partial charge in [-0.15, -0.1) is 0 Å². The van der Waals surface area contributed by atoms with Gasteiger partial charge < -0.3 is 19.5 Å². The third-order valence-electron chi connectivity index (χ3n) is 5.94. The molecule has 32 heavy (non-hydrogen) atoms. The monoisotopic (exact) mass is 432 g/mol. The predicted octanol–water partition coefficient (Wildman–Crippen LogP) is 3.24. The van der Waals surface area contributed by atoms with E-state index < -0.39 is 4.92 Å². The number of pyridine rings is 1. The van der Waals surface area contributed by atoms with E-state index in [9.17, 15) is 20.5 Å². The number of nitrogens with zero attached hydrogens (tertiary/aromatic N) is 4. The smallest absolute Gasteiger partial charge is 0.311 e. The van der Waals surface area contributed by atoms with Crippen LogP contribution in [0.4, 0.5) is 17.1 Å². The summed E-state index contributed by atoms with van der Waals surface area (Å²) in [7, 11) is 0. The van der Waals surface area contributed by atoms with Gasteiger partial charge in [0.15, 0.2) is 5.75 Å². The van der Waals surface area contributed by atoms with E-state index in [0.717, 1.165) is 11.3 Å². The highest BCUT2D eigenvalue weighted by atomic mass is 16.6. The molecule has 2 aromatic carbocycles. The van der Waals surface area contributed by atoms with Crippen LogP contribution in [0.3, 0.4) is 0 Å². The lowest BCUT2D eigenvalue weighted by Crippen LogP contribution is -2.31.